The topological polar surface area (TPSA) is 103 Å². The van der Waals surface area contributed by atoms with Crippen molar-refractivity contribution < 1.29 is 17.6 Å². The molecule has 34 heavy (non-hydrogen) atoms. The predicted octanol–water partition coefficient (Wildman–Crippen LogP) is 3.60. The van der Waals surface area contributed by atoms with Gasteiger partial charge in [-0.3, -0.25) is 4.79 Å². The summed E-state index contributed by atoms with van der Waals surface area (Å²) in [6.45, 7) is 4.50. The fourth-order valence-corrected chi connectivity index (χ4v) is 6.98. The van der Waals surface area contributed by atoms with Crippen molar-refractivity contribution in [2.75, 3.05) is 29.5 Å². The minimum Gasteiger partial charge on any atom is -0.369 e. The number of sulfone groups is 1. The second kappa shape index (κ2) is 10.0. The third-order valence-corrected chi connectivity index (χ3v) is 9.27. The summed E-state index contributed by atoms with van der Waals surface area (Å²) in [6.07, 6.45) is -0.00651. The van der Waals surface area contributed by atoms with Gasteiger partial charge < -0.3 is 10.2 Å². The molecular formula is C24H29FN4O3S2. The van der Waals surface area contributed by atoms with E-state index in [-0.39, 0.29) is 29.8 Å². The third-order valence-electron chi connectivity index (χ3n) is 6.63. The Balaban J connectivity index is 1.59. The number of nitrogens with one attached hydrogen (secondary N) is 1. The molecule has 10 heteroatoms. The Morgan fingerprint density at radius 3 is 2.59 bits per heavy atom. The number of carbonyl (C=O) groups excluding carboxylic acids is 1. The van der Waals surface area contributed by atoms with E-state index in [1.165, 1.54) is 0 Å². The SMILES string of the molecule is Cc1nc(C2CCC(F)CC2C(=O)NC(C)C#N)c(-c2ccc(N3CCS(=O)(=O)CC3)cc2)s1. The van der Waals surface area contributed by atoms with E-state index in [0.717, 1.165) is 26.8 Å². The number of hydrogen-bond acceptors (Lipinski definition) is 7. The molecule has 4 atom stereocenters. The van der Waals surface area contributed by atoms with Crippen LogP contribution < -0.4 is 10.2 Å². The summed E-state index contributed by atoms with van der Waals surface area (Å²) in [5.41, 5.74) is 2.76. The average Bonchev–Trinajstić information content (AvgIpc) is 3.20. The van der Waals surface area contributed by atoms with E-state index in [1.807, 2.05) is 37.3 Å². The number of carbonyl (C=O) groups is 1. The zero-order chi connectivity index (χ0) is 24.5. The Bertz CT molecular complexity index is 1180. The minimum absolute atomic E-state index is 0.126. The van der Waals surface area contributed by atoms with Crippen molar-refractivity contribution in [3.63, 3.8) is 0 Å². The highest BCUT2D eigenvalue weighted by Crippen LogP contribution is 2.44. The van der Waals surface area contributed by atoms with Gasteiger partial charge >= 0.3 is 0 Å². The molecule has 0 radical (unpaired) electrons. The van der Waals surface area contributed by atoms with E-state index < -0.39 is 28.0 Å². The van der Waals surface area contributed by atoms with Crippen LogP contribution in [0.15, 0.2) is 24.3 Å². The number of alkyl halides is 1. The van der Waals surface area contributed by atoms with E-state index in [0.29, 0.717) is 25.9 Å². The van der Waals surface area contributed by atoms with E-state index in [2.05, 4.69) is 10.2 Å². The largest absolute Gasteiger partial charge is 0.369 e. The highest BCUT2D eigenvalue weighted by atomic mass is 32.2. The Labute approximate surface area is 203 Å². The summed E-state index contributed by atoms with van der Waals surface area (Å²) >= 11 is 1.55. The maximum Gasteiger partial charge on any atom is 0.224 e. The number of thiazole rings is 1. The Hall–Kier alpha value is -2.51. The van der Waals surface area contributed by atoms with E-state index in [9.17, 15) is 17.6 Å². The lowest BCUT2D eigenvalue weighted by atomic mass is 9.75. The molecule has 2 aromatic rings. The molecule has 1 N–H and O–H groups in total. The highest BCUT2D eigenvalue weighted by molar-refractivity contribution is 7.91. The Kier molecular flexibility index (Phi) is 7.24. The molecule has 1 saturated carbocycles. The fourth-order valence-electron chi connectivity index (χ4n) is 4.78. The number of anilines is 1. The van der Waals surface area contributed by atoms with Gasteiger partial charge in [0.1, 0.15) is 12.2 Å². The van der Waals surface area contributed by atoms with Crippen molar-refractivity contribution in [3.05, 3.63) is 35.0 Å². The van der Waals surface area contributed by atoms with Crippen LogP contribution in [-0.4, -0.2) is 56.1 Å². The lowest BCUT2D eigenvalue weighted by Crippen LogP contribution is -2.41. The maximum atomic E-state index is 14.3. The summed E-state index contributed by atoms with van der Waals surface area (Å²) in [5.74, 6) is -0.761. The number of benzene rings is 1. The van der Waals surface area contributed by atoms with E-state index in [1.54, 1.807) is 18.3 Å². The Morgan fingerprint density at radius 1 is 1.26 bits per heavy atom. The molecule has 1 aromatic carbocycles. The van der Waals surface area contributed by atoms with Gasteiger partial charge in [-0.1, -0.05) is 12.1 Å². The lowest BCUT2D eigenvalue weighted by molar-refractivity contribution is -0.127. The second-order valence-electron chi connectivity index (χ2n) is 9.12. The smallest absolute Gasteiger partial charge is 0.224 e. The predicted molar refractivity (Wildman–Crippen MR) is 131 cm³/mol. The van der Waals surface area contributed by atoms with Crippen LogP contribution in [0.1, 0.15) is 42.8 Å². The molecule has 0 spiro atoms. The van der Waals surface area contributed by atoms with Crippen LogP contribution in [0.25, 0.3) is 10.4 Å². The molecule has 1 saturated heterocycles. The highest BCUT2D eigenvalue weighted by Gasteiger charge is 2.39. The van der Waals surface area contributed by atoms with Crippen molar-refractivity contribution in [2.45, 2.75) is 51.2 Å². The molecule has 182 valence electrons. The number of amides is 1. The first-order valence-electron chi connectivity index (χ1n) is 11.5. The fraction of sp³-hybridized carbons (Fsp3) is 0.542. The number of aryl methyl sites for hydroxylation is 1. The van der Waals surface area contributed by atoms with Gasteiger partial charge in [-0.05, 0) is 50.8 Å². The number of rotatable bonds is 5. The molecule has 0 bridgehead atoms. The van der Waals surface area contributed by atoms with Gasteiger partial charge in [-0.2, -0.15) is 5.26 Å². The maximum absolute atomic E-state index is 14.3. The van der Waals surface area contributed by atoms with Gasteiger partial charge in [-0.15, -0.1) is 11.3 Å². The Morgan fingerprint density at radius 2 is 1.94 bits per heavy atom. The van der Waals surface area contributed by atoms with Crippen molar-refractivity contribution in [3.8, 4) is 16.5 Å². The molecule has 2 heterocycles. The molecule has 2 aliphatic rings. The zero-order valence-corrected chi connectivity index (χ0v) is 21.0. The van der Waals surface area contributed by atoms with Crippen LogP contribution in [0, 0.1) is 24.2 Å². The van der Waals surface area contributed by atoms with Crippen molar-refractivity contribution in [1.29, 1.82) is 5.26 Å². The van der Waals surface area contributed by atoms with Crippen molar-refractivity contribution in [2.24, 2.45) is 5.92 Å². The van der Waals surface area contributed by atoms with E-state index >= 15 is 0 Å². The van der Waals surface area contributed by atoms with Gasteiger partial charge in [0.2, 0.25) is 5.91 Å². The molecular weight excluding hydrogens is 475 g/mol. The monoisotopic (exact) mass is 504 g/mol. The quantitative estimate of drug-likeness (QED) is 0.667. The first-order valence-corrected chi connectivity index (χ1v) is 14.2. The molecule has 4 unspecified atom stereocenters. The molecule has 2 fully saturated rings. The van der Waals surface area contributed by atoms with Crippen LogP contribution in [0.3, 0.4) is 0 Å². The van der Waals surface area contributed by atoms with Crippen LogP contribution in [0.4, 0.5) is 10.1 Å². The molecule has 1 aliphatic heterocycles. The van der Waals surface area contributed by atoms with Gasteiger partial charge in [-0.25, -0.2) is 17.8 Å². The van der Waals surface area contributed by atoms with Gasteiger partial charge in [0, 0.05) is 30.6 Å². The number of hydrogen-bond donors (Lipinski definition) is 1. The van der Waals surface area contributed by atoms with Gasteiger partial charge in [0.15, 0.2) is 9.84 Å². The van der Waals surface area contributed by atoms with Gasteiger partial charge in [0.05, 0.1) is 33.2 Å². The molecule has 1 aliphatic carbocycles. The average molecular weight is 505 g/mol. The number of aromatic nitrogens is 1. The van der Waals surface area contributed by atoms with Crippen LogP contribution in [-0.2, 0) is 14.6 Å². The summed E-state index contributed by atoms with van der Waals surface area (Å²) in [7, 11) is -2.94. The second-order valence-corrected chi connectivity index (χ2v) is 12.6. The number of nitriles is 1. The minimum atomic E-state index is -2.94. The summed E-state index contributed by atoms with van der Waals surface area (Å²) < 4.78 is 37.8. The molecule has 1 aromatic heterocycles. The first kappa shape index (κ1) is 24.6. The first-order chi connectivity index (χ1) is 16.2. The standard InChI is InChI=1S/C24H29FN4O3S2/c1-15(14-26)27-24(30)21-13-18(25)5-8-20(21)22-23(33-16(2)28-22)17-3-6-19(7-4-17)29-9-11-34(31,32)12-10-29/h3-4,6-7,15,18,20-21H,5,8-13H2,1-2H3,(H,27,30). The summed E-state index contributed by atoms with van der Waals surface area (Å²) in [5, 5.41) is 12.6. The van der Waals surface area contributed by atoms with Crippen molar-refractivity contribution >= 4 is 32.8 Å². The van der Waals surface area contributed by atoms with Crippen LogP contribution >= 0.6 is 11.3 Å². The van der Waals surface area contributed by atoms with Crippen LogP contribution in [0.5, 0.6) is 0 Å². The van der Waals surface area contributed by atoms with Gasteiger partial charge in [0.25, 0.3) is 0 Å². The summed E-state index contributed by atoms with van der Waals surface area (Å²) in [4.78, 5) is 20.7. The van der Waals surface area contributed by atoms with Crippen molar-refractivity contribution in [1.82, 2.24) is 10.3 Å². The molecule has 7 nitrogen and oxygen atoms in total. The molecule has 1 amide bonds. The third kappa shape index (κ3) is 5.41. The van der Waals surface area contributed by atoms with E-state index in [4.69, 9.17) is 10.2 Å². The normalized spacial score (nSPS) is 25.4. The number of halogens is 1. The summed E-state index contributed by atoms with van der Waals surface area (Å²) in [6, 6.07) is 9.35. The lowest BCUT2D eigenvalue weighted by Gasteiger charge is -2.32. The van der Waals surface area contributed by atoms with Crippen LogP contribution in [0.2, 0.25) is 0 Å². The molecule has 4 rings (SSSR count). The number of nitrogens with zero attached hydrogens (tertiary/aromatic N) is 3. The zero-order valence-electron chi connectivity index (χ0n) is 19.3.